The van der Waals surface area contributed by atoms with E-state index in [1.54, 1.807) is 55.5 Å². The molecule has 0 heterocycles. The zero-order valence-electron chi connectivity index (χ0n) is 16.7. The predicted octanol–water partition coefficient (Wildman–Crippen LogP) is 3.15. The first-order chi connectivity index (χ1) is 14.5. The molecule has 0 aliphatic rings. The Morgan fingerprint density at radius 3 is 2.07 bits per heavy atom. The third kappa shape index (κ3) is 8.14. The van der Waals surface area contributed by atoms with E-state index in [-0.39, 0.29) is 38.4 Å². The zero-order chi connectivity index (χ0) is 21.8. The lowest BCUT2D eigenvalue weighted by molar-refractivity contribution is -0.147. The summed E-state index contributed by atoms with van der Waals surface area (Å²) in [6.45, 7) is 1.63. The normalized spacial score (nSPS) is 10.0. The lowest BCUT2D eigenvalue weighted by Gasteiger charge is -2.07. The van der Waals surface area contributed by atoms with Gasteiger partial charge < -0.3 is 20.1 Å². The molecule has 8 heteroatoms. The second kappa shape index (κ2) is 12.0. The van der Waals surface area contributed by atoms with Crippen molar-refractivity contribution in [3.63, 3.8) is 0 Å². The molecule has 0 aliphatic carbocycles. The highest BCUT2D eigenvalue weighted by atomic mass is 16.5. The van der Waals surface area contributed by atoms with Crippen molar-refractivity contribution in [2.24, 2.45) is 0 Å². The van der Waals surface area contributed by atoms with Gasteiger partial charge in [0.25, 0.3) is 5.91 Å². The molecule has 0 spiro atoms. The number of carbonyl (C=O) groups is 4. The van der Waals surface area contributed by atoms with E-state index < -0.39 is 17.8 Å². The number of benzene rings is 2. The van der Waals surface area contributed by atoms with Crippen LogP contribution in [-0.4, -0.2) is 37.0 Å². The van der Waals surface area contributed by atoms with Gasteiger partial charge in [0.05, 0.1) is 12.2 Å². The number of ether oxygens (including phenoxy) is 2. The molecule has 0 unspecified atom stereocenters. The lowest BCUT2D eigenvalue weighted by atomic mass is 10.2. The van der Waals surface area contributed by atoms with Crippen LogP contribution in [0.5, 0.6) is 0 Å². The van der Waals surface area contributed by atoms with Crippen molar-refractivity contribution in [1.82, 2.24) is 0 Å². The third-order valence-electron chi connectivity index (χ3n) is 3.89. The summed E-state index contributed by atoms with van der Waals surface area (Å²) in [6.07, 6.45) is 0.421. The molecule has 0 aromatic heterocycles. The van der Waals surface area contributed by atoms with Crippen LogP contribution >= 0.6 is 0 Å². The minimum atomic E-state index is -0.551. The highest BCUT2D eigenvalue weighted by molar-refractivity contribution is 5.94. The summed E-state index contributed by atoms with van der Waals surface area (Å²) >= 11 is 0. The van der Waals surface area contributed by atoms with Crippen molar-refractivity contribution in [2.75, 3.05) is 23.8 Å². The van der Waals surface area contributed by atoms with Crippen molar-refractivity contribution < 1.29 is 28.7 Å². The van der Waals surface area contributed by atoms with Crippen molar-refractivity contribution in [2.45, 2.75) is 26.2 Å². The van der Waals surface area contributed by atoms with Crippen LogP contribution < -0.4 is 10.6 Å². The monoisotopic (exact) mass is 412 g/mol. The molecule has 2 aromatic rings. The van der Waals surface area contributed by atoms with Crippen LogP contribution in [0.3, 0.4) is 0 Å². The molecule has 0 fully saturated rings. The lowest BCUT2D eigenvalue weighted by Crippen LogP contribution is -2.21. The molecule has 30 heavy (non-hydrogen) atoms. The van der Waals surface area contributed by atoms with E-state index in [1.807, 2.05) is 6.07 Å². The summed E-state index contributed by atoms with van der Waals surface area (Å²) in [5.41, 5.74) is 1.55. The number of hydrogen-bond acceptors (Lipinski definition) is 6. The Morgan fingerprint density at radius 2 is 1.40 bits per heavy atom. The van der Waals surface area contributed by atoms with Crippen molar-refractivity contribution in [3.8, 4) is 0 Å². The van der Waals surface area contributed by atoms with Gasteiger partial charge in [-0.15, -0.1) is 0 Å². The molecular formula is C22H24N2O6. The van der Waals surface area contributed by atoms with E-state index in [1.165, 1.54) is 0 Å². The van der Waals surface area contributed by atoms with Gasteiger partial charge in [0.2, 0.25) is 5.91 Å². The molecule has 158 valence electrons. The quantitative estimate of drug-likeness (QED) is 0.580. The second-order valence-electron chi connectivity index (χ2n) is 6.27. The number of rotatable bonds is 10. The maximum atomic E-state index is 12.0. The van der Waals surface area contributed by atoms with Gasteiger partial charge in [-0.3, -0.25) is 14.4 Å². The number of anilines is 2. The largest absolute Gasteiger partial charge is 0.462 e. The van der Waals surface area contributed by atoms with Gasteiger partial charge in [0.1, 0.15) is 0 Å². The van der Waals surface area contributed by atoms with Crippen LogP contribution in [0.1, 0.15) is 36.5 Å². The summed E-state index contributed by atoms with van der Waals surface area (Å²) in [6, 6.07) is 15.2. The minimum absolute atomic E-state index is 0.0217. The number of esters is 2. The number of amides is 2. The Balaban J connectivity index is 1.63. The molecule has 0 aliphatic heterocycles. The Kier molecular flexibility index (Phi) is 9.05. The van der Waals surface area contributed by atoms with E-state index in [9.17, 15) is 19.2 Å². The van der Waals surface area contributed by atoms with Crippen LogP contribution in [0.15, 0.2) is 54.6 Å². The molecule has 0 bridgehead atoms. The molecule has 0 radical (unpaired) electrons. The van der Waals surface area contributed by atoms with Gasteiger partial charge in [-0.05, 0) is 49.7 Å². The fraction of sp³-hybridized carbons (Fsp3) is 0.273. The first-order valence-corrected chi connectivity index (χ1v) is 9.55. The van der Waals surface area contributed by atoms with Gasteiger partial charge in [-0.25, -0.2) is 4.79 Å². The van der Waals surface area contributed by atoms with E-state index in [2.05, 4.69) is 10.6 Å². The zero-order valence-corrected chi connectivity index (χ0v) is 16.7. The minimum Gasteiger partial charge on any atom is -0.462 e. The van der Waals surface area contributed by atoms with E-state index in [0.29, 0.717) is 16.9 Å². The topological polar surface area (TPSA) is 111 Å². The van der Waals surface area contributed by atoms with Crippen LogP contribution in [-0.2, 0) is 23.9 Å². The van der Waals surface area contributed by atoms with Crippen molar-refractivity contribution in [1.29, 1.82) is 0 Å². The molecule has 2 amide bonds. The molecule has 2 N–H and O–H groups in total. The first kappa shape index (κ1) is 22.6. The van der Waals surface area contributed by atoms with Crippen molar-refractivity contribution in [3.05, 3.63) is 60.2 Å². The maximum absolute atomic E-state index is 12.0. The molecule has 8 nitrogen and oxygen atoms in total. The van der Waals surface area contributed by atoms with Gasteiger partial charge in [0.15, 0.2) is 6.61 Å². The van der Waals surface area contributed by atoms with Gasteiger partial charge in [-0.2, -0.15) is 0 Å². The van der Waals surface area contributed by atoms with Gasteiger partial charge >= 0.3 is 11.9 Å². The Morgan fingerprint density at radius 1 is 0.767 bits per heavy atom. The molecule has 2 aromatic carbocycles. The molecular weight excluding hydrogens is 388 g/mol. The average Bonchev–Trinajstić information content (AvgIpc) is 2.73. The van der Waals surface area contributed by atoms with E-state index >= 15 is 0 Å². The second-order valence-corrected chi connectivity index (χ2v) is 6.27. The highest BCUT2D eigenvalue weighted by Crippen LogP contribution is 2.12. The Bertz CT molecular complexity index is 865. The van der Waals surface area contributed by atoms with E-state index in [4.69, 9.17) is 9.47 Å². The molecule has 0 atom stereocenters. The molecule has 0 saturated carbocycles. The Hall–Kier alpha value is -3.68. The Labute approximate surface area is 174 Å². The first-order valence-electron chi connectivity index (χ1n) is 9.55. The van der Waals surface area contributed by atoms with Crippen LogP contribution in [0.4, 0.5) is 11.4 Å². The summed E-state index contributed by atoms with van der Waals surface area (Å²) in [7, 11) is 0. The average molecular weight is 412 g/mol. The summed E-state index contributed by atoms with van der Waals surface area (Å²) in [5.74, 6) is -1.68. The predicted molar refractivity (Wildman–Crippen MR) is 111 cm³/mol. The smallest absolute Gasteiger partial charge is 0.338 e. The number of para-hydroxylation sites is 1. The summed E-state index contributed by atoms with van der Waals surface area (Å²) < 4.78 is 9.80. The fourth-order valence-electron chi connectivity index (χ4n) is 2.46. The van der Waals surface area contributed by atoms with Gasteiger partial charge in [-0.1, -0.05) is 18.2 Å². The molecule has 2 rings (SSSR count). The number of nitrogens with one attached hydrogen (secondary N) is 2. The fourth-order valence-corrected chi connectivity index (χ4v) is 2.46. The maximum Gasteiger partial charge on any atom is 0.338 e. The van der Waals surface area contributed by atoms with E-state index in [0.717, 1.165) is 0 Å². The standard InChI is InChI=1S/C22H24N2O6/c1-2-29-22(28)16-11-13-18(14-12-16)23-19(25)9-6-10-21(27)30-15-20(26)24-17-7-4-3-5-8-17/h3-5,7-8,11-14H,2,6,9-10,15H2,1H3,(H,23,25)(H,24,26). The third-order valence-corrected chi connectivity index (χ3v) is 3.89. The van der Waals surface area contributed by atoms with Crippen LogP contribution in [0.25, 0.3) is 0 Å². The number of carbonyl (C=O) groups excluding carboxylic acids is 4. The van der Waals surface area contributed by atoms with Crippen LogP contribution in [0.2, 0.25) is 0 Å². The SMILES string of the molecule is CCOC(=O)c1ccc(NC(=O)CCCC(=O)OCC(=O)Nc2ccccc2)cc1. The summed E-state index contributed by atoms with van der Waals surface area (Å²) in [5, 5.41) is 5.29. The van der Waals surface area contributed by atoms with Gasteiger partial charge in [0, 0.05) is 24.2 Å². The number of hydrogen-bond donors (Lipinski definition) is 2. The van der Waals surface area contributed by atoms with Crippen molar-refractivity contribution >= 4 is 35.1 Å². The molecule has 0 saturated heterocycles. The summed E-state index contributed by atoms with van der Waals surface area (Å²) in [4.78, 5) is 47.0. The van der Waals surface area contributed by atoms with Crippen LogP contribution in [0, 0.1) is 0 Å². The highest BCUT2D eigenvalue weighted by Gasteiger charge is 2.10.